The fourth-order valence-corrected chi connectivity index (χ4v) is 3.81. The van der Waals surface area contributed by atoms with Crippen LogP contribution in [0.3, 0.4) is 0 Å². The molecule has 1 atom stereocenters. The van der Waals surface area contributed by atoms with Gasteiger partial charge in [0.15, 0.2) is 18.1 Å². The van der Waals surface area contributed by atoms with Gasteiger partial charge in [0, 0.05) is 26.2 Å². The van der Waals surface area contributed by atoms with Crippen molar-refractivity contribution in [2.45, 2.75) is 6.10 Å². The second-order valence-corrected chi connectivity index (χ2v) is 7.79. The summed E-state index contributed by atoms with van der Waals surface area (Å²) in [5.41, 5.74) is 0. The van der Waals surface area contributed by atoms with Gasteiger partial charge in [-0.05, 0) is 46.3 Å². The zero-order valence-electron chi connectivity index (χ0n) is 16.1. The van der Waals surface area contributed by atoms with Crippen molar-refractivity contribution in [3.63, 3.8) is 0 Å². The van der Waals surface area contributed by atoms with Gasteiger partial charge in [-0.15, -0.1) is 0 Å². The number of halogens is 2. The molecule has 1 saturated heterocycles. The quantitative estimate of drug-likeness (QED) is 0.675. The van der Waals surface area contributed by atoms with Crippen LogP contribution in [0.1, 0.15) is 0 Å². The molecule has 0 aliphatic carbocycles. The molecular formula is C21H20BrFN2O5. The lowest BCUT2D eigenvalue weighted by molar-refractivity contribution is -0.146. The van der Waals surface area contributed by atoms with Gasteiger partial charge in [-0.3, -0.25) is 9.59 Å². The van der Waals surface area contributed by atoms with Gasteiger partial charge in [0.25, 0.3) is 11.8 Å². The largest absolute Gasteiger partial charge is 0.485 e. The van der Waals surface area contributed by atoms with Crippen molar-refractivity contribution < 1.29 is 28.2 Å². The highest BCUT2D eigenvalue weighted by atomic mass is 79.9. The van der Waals surface area contributed by atoms with Crippen molar-refractivity contribution in [3.8, 4) is 17.2 Å². The van der Waals surface area contributed by atoms with E-state index >= 15 is 0 Å². The summed E-state index contributed by atoms with van der Waals surface area (Å²) in [6.45, 7) is 1.63. The van der Waals surface area contributed by atoms with Gasteiger partial charge in [-0.2, -0.15) is 0 Å². The van der Waals surface area contributed by atoms with Crippen molar-refractivity contribution in [1.29, 1.82) is 0 Å². The van der Waals surface area contributed by atoms with E-state index in [0.29, 0.717) is 47.9 Å². The molecule has 1 fully saturated rings. The predicted octanol–water partition coefficient (Wildman–Crippen LogP) is 2.48. The first-order valence-electron chi connectivity index (χ1n) is 9.54. The summed E-state index contributed by atoms with van der Waals surface area (Å²) in [5, 5.41) is 0. The average molecular weight is 479 g/mol. The minimum Gasteiger partial charge on any atom is -0.485 e. The van der Waals surface area contributed by atoms with Gasteiger partial charge in [0.2, 0.25) is 6.10 Å². The molecule has 0 unspecified atom stereocenters. The third-order valence-electron chi connectivity index (χ3n) is 4.97. The maximum Gasteiger partial charge on any atom is 0.267 e. The summed E-state index contributed by atoms with van der Waals surface area (Å²) < 4.78 is 30.5. The number of fused-ring (bicyclic) bond motifs is 1. The third-order valence-corrected chi connectivity index (χ3v) is 5.59. The topological polar surface area (TPSA) is 68.3 Å². The monoisotopic (exact) mass is 478 g/mol. The minimum absolute atomic E-state index is 0.150. The molecule has 2 aromatic carbocycles. The summed E-state index contributed by atoms with van der Waals surface area (Å²) >= 11 is 3.21. The first-order chi connectivity index (χ1) is 14.5. The van der Waals surface area contributed by atoms with Gasteiger partial charge >= 0.3 is 0 Å². The van der Waals surface area contributed by atoms with Gasteiger partial charge in [0.05, 0.1) is 4.47 Å². The maximum absolute atomic E-state index is 13.1. The minimum atomic E-state index is -0.693. The molecule has 2 amide bonds. The molecule has 30 heavy (non-hydrogen) atoms. The van der Waals surface area contributed by atoms with E-state index < -0.39 is 11.9 Å². The average Bonchev–Trinajstić information content (AvgIpc) is 2.77. The molecule has 0 N–H and O–H groups in total. The zero-order valence-corrected chi connectivity index (χ0v) is 17.6. The zero-order chi connectivity index (χ0) is 21.1. The van der Waals surface area contributed by atoms with Gasteiger partial charge in [-0.25, -0.2) is 4.39 Å². The number of rotatable bonds is 4. The van der Waals surface area contributed by atoms with Gasteiger partial charge in [-0.1, -0.05) is 12.1 Å². The number of carbonyl (C=O) groups excluding carboxylic acids is 2. The van der Waals surface area contributed by atoms with Crippen LogP contribution in [0.5, 0.6) is 17.2 Å². The Labute approximate surface area is 181 Å². The summed E-state index contributed by atoms with van der Waals surface area (Å²) in [6.07, 6.45) is -0.693. The van der Waals surface area contributed by atoms with E-state index in [2.05, 4.69) is 15.9 Å². The molecule has 0 spiro atoms. The van der Waals surface area contributed by atoms with E-state index in [-0.39, 0.29) is 25.0 Å². The van der Waals surface area contributed by atoms with E-state index in [1.807, 2.05) is 12.1 Å². The number of carbonyl (C=O) groups is 2. The number of para-hydroxylation sites is 2. The number of piperazine rings is 1. The molecular weight excluding hydrogens is 459 g/mol. The Balaban J connectivity index is 1.26. The van der Waals surface area contributed by atoms with Crippen molar-refractivity contribution in [2.75, 3.05) is 39.4 Å². The van der Waals surface area contributed by atoms with Crippen molar-refractivity contribution in [1.82, 2.24) is 9.80 Å². The Bertz CT molecular complexity index is 949. The molecule has 4 rings (SSSR count). The van der Waals surface area contributed by atoms with Crippen LogP contribution in [0.4, 0.5) is 4.39 Å². The number of ether oxygens (including phenoxy) is 3. The standard InChI is InChI=1S/C21H20BrFN2O5/c22-15-11-14(23)5-6-16(15)29-13-20(26)24-7-9-25(10-8-24)21(27)19-12-28-17-3-1-2-4-18(17)30-19/h1-6,11,19H,7-10,12-13H2/t19-/m0/s1. The predicted molar refractivity (Wildman–Crippen MR) is 109 cm³/mol. The molecule has 2 heterocycles. The molecule has 158 valence electrons. The second kappa shape index (κ2) is 8.91. The maximum atomic E-state index is 13.1. The summed E-state index contributed by atoms with van der Waals surface area (Å²) in [6, 6.07) is 11.3. The Hall–Kier alpha value is -2.81. The molecule has 2 aromatic rings. The Morgan fingerprint density at radius 2 is 1.77 bits per heavy atom. The highest BCUT2D eigenvalue weighted by molar-refractivity contribution is 9.10. The van der Waals surface area contributed by atoms with E-state index in [1.165, 1.54) is 18.2 Å². The molecule has 0 radical (unpaired) electrons. The molecule has 2 aliphatic heterocycles. The lowest BCUT2D eigenvalue weighted by atomic mass is 10.2. The number of benzene rings is 2. The van der Waals surface area contributed by atoms with Gasteiger partial charge in [0.1, 0.15) is 18.2 Å². The second-order valence-electron chi connectivity index (χ2n) is 6.93. The molecule has 7 nitrogen and oxygen atoms in total. The van der Waals surface area contributed by atoms with Crippen LogP contribution in [-0.2, 0) is 9.59 Å². The van der Waals surface area contributed by atoms with Gasteiger partial charge < -0.3 is 24.0 Å². The fraction of sp³-hybridized carbons (Fsp3) is 0.333. The van der Waals surface area contributed by atoms with Crippen molar-refractivity contribution in [2.24, 2.45) is 0 Å². The lowest BCUT2D eigenvalue weighted by Crippen LogP contribution is -2.55. The highest BCUT2D eigenvalue weighted by Gasteiger charge is 2.33. The van der Waals surface area contributed by atoms with Crippen LogP contribution < -0.4 is 14.2 Å². The van der Waals surface area contributed by atoms with Crippen molar-refractivity contribution >= 4 is 27.7 Å². The smallest absolute Gasteiger partial charge is 0.267 e. The number of nitrogens with zero attached hydrogens (tertiary/aromatic N) is 2. The number of amides is 2. The molecule has 0 aromatic heterocycles. The van der Waals surface area contributed by atoms with Crippen LogP contribution >= 0.6 is 15.9 Å². The van der Waals surface area contributed by atoms with E-state index in [0.717, 1.165) is 0 Å². The normalized spacial score (nSPS) is 18.1. The number of hydrogen-bond acceptors (Lipinski definition) is 5. The van der Waals surface area contributed by atoms with E-state index in [1.54, 1.807) is 21.9 Å². The Morgan fingerprint density at radius 3 is 2.50 bits per heavy atom. The molecule has 2 aliphatic rings. The molecule has 9 heteroatoms. The van der Waals surface area contributed by atoms with Crippen LogP contribution in [0.2, 0.25) is 0 Å². The Kier molecular flexibility index (Phi) is 6.08. The fourth-order valence-electron chi connectivity index (χ4n) is 3.34. The first-order valence-corrected chi connectivity index (χ1v) is 10.3. The Morgan fingerprint density at radius 1 is 1.07 bits per heavy atom. The third kappa shape index (κ3) is 4.51. The molecule has 0 bridgehead atoms. The highest BCUT2D eigenvalue weighted by Crippen LogP contribution is 2.31. The van der Waals surface area contributed by atoms with E-state index in [4.69, 9.17) is 14.2 Å². The van der Waals surface area contributed by atoms with E-state index in [9.17, 15) is 14.0 Å². The number of hydrogen-bond donors (Lipinski definition) is 0. The first kappa shape index (κ1) is 20.5. The molecule has 0 saturated carbocycles. The van der Waals surface area contributed by atoms with Crippen LogP contribution in [0, 0.1) is 5.82 Å². The van der Waals surface area contributed by atoms with Crippen molar-refractivity contribution in [3.05, 3.63) is 52.8 Å². The van der Waals surface area contributed by atoms with Crippen LogP contribution in [0.15, 0.2) is 46.9 Å². The summed E-state index contributed by atoms with van der Waals surface area (Å²) in [5.74, 6) is 0.850. The van der Waals surface area contributed by atoms with Crippen LogP contribution in [0.25, 0.3) is 0 Å². The summed E-state index contributed by atoms with van der Waals surface area (Å²) in [7, 11) is 0. The summed E-state index contributed by atoms with van der Waals surface area (Å²) in [4.78, 5) is 28.5. The lowest BCUT2D eigenvalue weighted by Gasteiger charge is -2.37. The SMILES string of the molecule is O=C(COc1ccc(F)cc1Br)N1CCN(C(=O)[C@@H]2COc3ccccc3O2)CC1. The van der Waals surface area contributed by atoms with Crippen LogP contribution in [-0.4, -0.2) is 67.1 Å².